The smallest absolute Gasteiger partial charge is 0.181 e. The molecule has 0 saturated carbocycles. The van der Waals surface area contributed by atoms with Crippen molar-refractivity contribution < 1.29 is 13.9 Å². The maximum absolute atomic E-state index is 13.4. The van der Waals surface area contributed by atoms with Gasteiger partial charge in [-0.05, 0) is 12.1 Å². The molecule has 1 aromatic heterocycles. The molecule has 0 aliphatic carbocycles. The molecule has 17 heavy (non-hydrogen) atoms. The van der Waals surface area contributed by atoms with Crippen molar-refractivity contribution in [1.29, 1.82) is 0 Å². The molecule has 4 nitrogen and oxygen atoms in total. The van der Waals surface area contributed by atoms with Crippen LogP contribution in [0.5, 0.6) is 11.5 Å². The molecule has 1 heterocycles. The lowest BCUT2D eigenvalue weighted by Gasteiger charge is -2.08. The molecule has 2 rings (SSSR count). The van der Waals surface area contributed by atoms with Crippen LogP contribution in [-0.4, -0.2) is 16.9 Å². The summed E-state index contributed by atoms with van der Waals surface area (Å²) >= 11 is 5.69. The largest absolute Gasteiger partial charge is 0.497 e. The van der Waals surface area contributed by atoms with E-state index in [1.807, 2.05) is 0 Å². The van der Waals surface area contributed by atoms with E-state index in [0.29, 0.717) is 10.8 Å². The minimum atomic E-state index is -0.455. The van der Waals surface area contributed by atoms with E-state index in [-0.39, 0.29) is 12.5 Å². The van der Waals surface area contributed by atoms with Crippen LogP contribution in [0.1, 0.15) is 0 Å². The van der Waals surface area contributed by atoms with Gasteiger partial charge in [0, 0.05) is 12.3 Å². The Kier molecular flexibility index (Phi) is 3.49. The molecule has 1 aromatic carbocycles. The quantitative estimate of drug-likeness (QED) is 0.844. The molecule has 0 saturated heterocycles. The van der Waals surface area contributed by atoms with E-state index in [2.05, 4.69) is 5.10 Å². The molecule has 0 amide bonds. The van der Waals surface area contributed by atoms with E-state index in [1.54, 1.807) is 6.20 Å². The lowest BCUT2D eigenvalue weighted by atomic mass is 10.3. The highest BCUT2D eigenvalue weighted by atomic mass is 35.5. The summed E-state index contributed by atoms with van der Waals surface area (Å²) < 4.78 is 25.1. The molecule has 2 aromatic rings. The first-order chi connectivity index (χ1) is 8.19. The minimum absolute atomic E-state index is 0.0802. The van der Waals surface area contributed by atoms with Crippen LogP contribution >= 0.6 is 11.6 Å². The number of rotatable bonds is 4. The molecule has 0 fully saturated rings. The molecule has 6 heteroatoms. The first-order valence-electron chi connectivity index (χ1n) is 4.83. The third kappa shape index (κ3) is 2.88. The van der Waals surface area contributed by atoms with E-state index in [9.17, 15) is 4.39 Å². The summed E-state index contributed by atoms with van der Waals surface area (Å²) in [5.41, 5.74) is 0. The van der Waals surface area contributed by atoms with Crippen molar-refractivity contribution in [2.45, 2.75) is 6.73 Å². The van der Waals surface area contributed by atoms with E-state index in [0.717, 1.165) is 0 Å². The van der Waals surface area contributed by atoms with Gasteiger partial charge in [-0.3, -0.25) is 0 Å². The van der Waals surface area contributed by atoms with Gasteiger partial charge in [-0.1, -0.05) is 11.6 Å². The van der Waals surface area contributed by atoms with Crippen LogP contribution in [0.4, 0.5) is 4.39 Å². The molecule has 0 spiro atoms. The number of hydrogen-bond acceptors (Lipinski definition) is 3. The van der Waals surface area contributed by atoms with Crippen LogP contribution in [0.3, 0.4) is 0 Å². The molecule has 0 atom stereocenters. The topological polar surface area (TPSA) is 36.3 Å². The number of benzene rings is 1. The number of ether oxygens (including phenoxy) is 2. The standard InChI is InChI=1S/C11H10ClFN2O2/c1-16-9-2-3-10(13)11(4-9)17-7-15-6-8(12)5-14-15/h2-6H,7H2,1H3. The molecular formula is C11H10ClFN2O2. The van der Waals surface area contributed by atoms with Crippen LogP contribution in [0.15, 0.2) is 30.6 Å². The fourth-order valence-corrected chi connectivity index (χ4v) is 1.42. The van der Waals surface area contributed by atoms with E-state index < -0.39 is 5.82 Å². The first kappa shape index (κ1) is 11.7. The average molecular weight is 257 g/mol. The van der Waals surface area contributed by atoms with Crippen molar-refractivity contribution in [3.05, 3.63) is 41.4 Å². The lowest BCUT2D eigenvalue weighted by Crippen LogP contribution is -2.06. The van der Waals surface area contributed by atoms with Crippen molar-refractivity contribution in [2.24, 2.45) is 0 Å². The lowest BCUT2D eigenvalue weighted by molar-refractivity contribution is 0.210. The Balaban J connectivity index is 2.07. The van der Waals surface area contributed by atoms with Gasteiger partial charge >= 0.3 is 0 Å². The van der Waals surface area contributed by atoms with Crippen molar-refractivity contribution in [1.82, 2.24) is 9.78 Å². The van der Waals surface area contributed by atoms with Crippen LogP contribution in [0, 0.1) is 5.82 Å². The van der Waals surface area contributed by atoms with Gasteiger partial charge in [0.2, 0.25) is 0 Å². The Morgan fingerprint density at radius 1 is 1.47 bits per heavy atom. The maximum atomic E-state index is 13.4. The highest BCUT2D eigenvalue weighted by molar-refractivity contribution is 6.30. The monoisotopic (exact) mass is 256 g/mol. The Morgan fingerprint density at radius 3 is 2.94 bits per heavy atom. The highest BCUT2D eigenvalue weighted by Gasteiger charge is 2.05. The van der Waals surface area contributed by atoms with Gasteiger partial charge < -0.3 is 9.47 Å². The van der Waals surface area contributed by atoms with Gasteiger partial charge in [-0.25, -0.2) is 9.07 Å². The molecule has 0 bridgehead atoms. The summed E-state index contributed by atoms with van der Waals surface area (Å²) in [4.78, 5) is 0. The number of aromatic nitrogens is 2. The zero-order chi connectivity index (χ0) is 12.3. The van der Waals surface area contributed by atoms with Crippen LogP contribution < -0.4 is 9.47 Å². The van der Waals surface area contributed by atoms with Gasteiger partial charge in [-0.15, -0.1) is 0 Å². The van der Waals surface area contributed by atoms with E-state index in [1.165, 1.54) is 36.2 Å². The summed E-state index contributed by atoms with van der Waals surface area (Å²) in [5.74, 6) is 0.180. The third-order valence-corrected chi connectivity index (χ3v) is 2.29. The van der Waals surface area contributed by atoms with Gasteiger partial charge in [0.25, 0.3) is 0 Å². The number of methoxy groups -OCH3 is 1. The van der Waals surface area contributed by atoms with Gasteiger partial charge in [0.15, 0.2) is 18.3 Å². The second-order valence-electron chi connectivity index (χ2n) is 3.27. The minimum Gasteiger partial charge on any atom is -0.497 e. The Bertz CT molecular complexity index is 516. The van der Waals surface area contributed by atoms with Crippen molar-refractivity contribution in [3.63, 3.8) is 0 Å². The van der Waals surface area contributed by atoms with Gasteiger partial charge in [-0.2, -0.15) is 5.10 Å². The van der Waals surface area contributed by atoms with E-state index >= 15 is 0 Å². The average Bonchev–Trinajstić information content (AvgIpc) is 2.74. The SMILES string of the molecule is COc1ccc(F)c(OCn2cc(Cl)cn2)c1. The Morgan fingerprint density at radius 2 is 2.29 bits per heavy atom. The molecule has 90 valence electrons. The van der Waals surface area contributed by atoms with Crippen LogP contribution in [0.2, 0.25) is 5.02 Å². The normalized spacial score (nSPS) is 10.3. The zero-order valence-electron chi connectivity index (χ0n) is 9.06. The summed E-state index contributed by atoms with van der Waals surface area (Å²) in [6.45, 7) is 0.0802. The highest BCUT2D eigenvalue weighted by Crippen LogP contribution is 2.23. The van der Waals surface area contributed by atoms with Crippen LogP contribution in [0.25, 0.3) is 0 Å². The first-order valence-corrected chi connectivity index (χ1v) is 5.21. The molecule has 0 aliphatic heterocycles. The van der Waals surface area contributed by atoms with Crippen molar-refractivity contribution in [2.75, 3.05) is 7.11 Å². The molecular weight excluding hydrogens is 247 g/mol. The summed E-state index contributed by atoms with van der Waals surface area (Å²) in [6, 6.07) is 4.28. The van der Waals surface area contributed by atoms with E-state index in [4.69, 9.17) is 21.1 Å². The maximum Gasteiger partial charge on any atom is 0.181 e. The number of halogens is 2. The summed E-state index contributed by atoms with van der Waals surface area (Å²) in [6.07, 6.45) is 3.06. The summed E-state index contributed by atoms with van der Waals surface area (Å²) in [5, 5.41) is 4.41. The number of hydrogen-bond donors (Lipinski definition) is 0. The fourth-order valence-electron chi connectivity index (χ4n) is 1.27. The molecule has 0 aliphatic rings. The Labute approximate surface area is 103 Å². The second kappa shape index (κ2) is 5.05. The molecule has 0 radical (unpaired) electrons. The van der Waals surface area contributed by atoms with Gasteiger partial charge in [0.05, 0.1) is 18.3 Å². The Hall–Kier alpha value is -1.75. The summed E-state index contributed by atoms with van der Waals surface area (Å²) in [7, 11) is 1.50. The predicted octanol–water partition coefficient (Wildman–Crippen LogP) is 2.72. The molecule has 0 unspecified atom stereocenters. The second-order valence-corrected chi connectivity index (χ2v) is 3.70. The van der Waals surface area contributed by atoms with Crippen molar-refractivity contribution >= 4 is 11.6 Å². The third-order valence-electron chi connectivity index (χ3n) is 2.09. The van der Waals surface area contributed by atoms with Crippen LogP contribution in [-0.2, 0) is 6.73 Å². The van der Waals surface area contributed by atoms with Gasteiger partial charge in [0.1, 0.15) is 5.75 Å². The predicted molar refractivity (Wildman–Crippen MR) is 60.8 cm³/mol. The fraction of sp³-hybridized carbons (Fsp3) is 0.182. The zero-order valence-corrected chi connectivity index (χ0v) is 9.82. The number of nitrogens with zero attached hydrogens (tertiary/aromatic N) is 2. The van der Waals surface area contributed by atoms with Crippen molar-refractivity contribution in [3.8, 4) is 11.5 Å². The molecule has 0 N–H and O–H groups in total.